The van der Waals surface area contributed by atoms with Crippen LogP contribution in [-0.2, 0) is 19.2 Å². The van der Waals surface area contributed by atoms with Gasteiger partial charge in [-0.25, -0.2) is 0 Å². The molecule has 122 valence electrons. The lowest BCUT2D eigenvalue weighted by molar-refractivity contribution is -0.145. The van der Waals surface area contributed by atoms with Crippen LogP contribution in [0.25, 0.3) is 0 Å². The van der Waals surface area contributed by atoms with Crippen molar-refractivity contribution in [2.24, 2.45) is 0 Å². The van der Waals surface area contributed by atoms with Crippen LogP contribution in [0.15, 0.2) is 24.3 Å². The average Bonchev–Trinajstić information content (AvgIpc) is 2.81. The number of likely N-dealkylation sites (N-methyl/N-ethyl adjacent to an activating group) is 1. The minimum atomic E-state index is -0.483. The van der Waals surface area contributed by atoms with Crippen LogP contribution in [0.3, 0.4) is 0 Å². The molecule has 1 aromatic rings. The van der Waals surface area contributed by atoms with Crippen LogP contribution in [0, 0.1) is 0 Å². The Labute approximate surface area is 138 Å². The summed E-state index contributed by atoms with van der Waals surface area (Å²) >= 11 is 5.94. The van der Waals surface area contributed by atoms with Crippen LogP contribution < -0.4 is 5.32 Å². The van der Waals surface area contributed by atoms with Crippen molar-refractivity contribution in [3.05, 3.63) is 29.3 Å². The van der Waals surface area contributed by atoms with Gasteiger partial charge < -0.3 is 10.2 Å². The zero-order valence-electron chi connectivity index (χ0n) is 12.5. The van der Waals surface area contributed by atoms with Gasteiger partial charge in [0.2, 0.25) is 23.6 Å². The predicted molar refractivity (Wildman–Crippen MR) is 83.7 cm³/mol. The van der Waals surface area contributed by atoms with Crippen molar-refractivity contribution in [1.82, 2.24) is 9.80 Å². The maximum absolute atomic E-state index is 12.0. The first-order valence-corrected chi connectivity index (χ1v) is 7.38. The molecule has 7 nitrogen and oxygen atoms in total. The Morgan fingerprint density at radius 2 is 1.83 bits per heavy atom. The van der Waals surface area contributed by atoms with Crippen molar-refractivity contribution < 1.29 is 19.2 Å². The van der Waals surface area contributed by atoms with Crippen molar-refractivity contribution in [2.45, 2.75) is 12.8 Å². The van der Waals surface area contributed by atoms with Crippen molar-refractivity contribution in [3.8, 4) is 0 Å². The van der Waals surface area contributed by atoms with Crippen molar-refractivity contribution in [2.75, 3.05) is 25.5 Å². The molecule has 0 saturated carbocycles. The number of hydrogen-bond donors (Lipinski definition) is 1. The number of carbonyl (C=O) groups excluding carboxylic acids is 4. The third kappa shape index (κ3) is 4.29. The largest absolute Gasteiger partial charge is 0.335 e. The lowest BCUT2D eigenvalue weighted by Crippen LogP contribution is -2.43. The summed E-state index contributed by atoms with van der Waals surface area (Å²) in [6.45, 7) is -0.548. The molecule has 0 bridgehead atoms. The van der Waals surface area contributed by atoms with Gasteiger partial charge in [0.25, 0.3) is 0 Å². The first kappa shape index (κ1) is 17.0. The normalized spacial score (nSPS) is 14.1. The molecule has 1 aromatic carbocycles. The van der Waals surface area contributed by atoms with Crippen molar-refractivity contribution >= 4 is 40.9 Å². The number of carbonyl (C=O) groups is 4. The van der Waals surface area contributed by atoms with Crippen molar-refractivity contribution in [3.63, 3.8) is 0 Å². The molecular formula is C15H16ClN3O4. The summed E-state index contributed by atoms with van der Waals surface area (Å²) in [5.74, 6) is -1.63. The van der Waals surface area contributed by atoms with Gasteiger partial charge in [-0.15, -0.1) is 0 Å². The van der Waals surface area contributed by atoms with Crippen LogP contribution >= 0.6 is 11.6 Å². The van der Waals surface area contributed by atoms with Gasteiger partial charge in [0.05, 0.1) is 17.3 Å². The van der Waals surface area contributed by atoms with E-state index < -0.39 is 11.8 Å². The molecule has 0 unspecified atom stereocenters. The van der Waals surface area contributed by atoms with E-state index in [0.29, 0.717) is 10.7 Å². The summed E-state index contributed by atoms with van der Waals surface area (Å²) < 4.78 is 0. The number of nitrogens with zero attached hydrogens (tertiary/aromatic N) is 2. The number of amides is 4. The minimum Gasteiger partial charge on any atom is -0.335 e. The highest BCUT2D eigenvalue weighted by Gasteiger charge is 2.31. The number of anilines is 1. The molecule has 0 spiro atoms. The fourth-order valence-electron chi connectivity index (χ4n) is 2.11. The first-order valence-electron chi connectivity index (χ1n) is 7.00. The highest BCUT2D eigenvalue weighted by molar-refractivity contribution is 6.33. The monoisotopic (exact) mass is 337 g/mol. The van der Waals surface area contributed by atoms with Crippen LogP contribution in [0.1, 0.15) is 12.8 Å². The molecule has 1 fully saturated rings. The topological polar surface area (TPSA) is 86.8 Å². The Bertz CT molecular complexity index is 646. The molecule has 0 aliphatic carbocycles. The van der Waals surface area contributed by atoms with Crippen LogP contribution in [0.2, 0.25) is 5.02 Å². The van der Waals surface area contributed by atoms with E-state index in [0.717, 1.165) is 9.80 Å². The number of rotatable bonds is 5. The number of nitrogens with one attached hydrogen (secondary N) is 1. The lowest BCUT2D eigenvalue weighted by Gasteiger charge is -2.20. The quantitative estimate of drug-likeness (QED) is 0.808. The van der Waals surface area contributed by atoms with E-state index in [2.05, 4.69) is 5.32 Å². The fraction of sp³-hybridized carbons (Fsp3) is 0.333. The predicted octanol–water partition coefficient (Wildman–Crippen LogP) is 0.886. The molecule has 0 radical (unpaired) electrons. The van der Waals surface area contributed by atoms with E-state index >= 15 is 0 Å². The zero-order chi connectivity index (χ0) is 17.0. The van der Waals surface area contributed by atoms with Gasteiger partial charge in [0.1, 0.15) is 6.54 Å². The zero-order valence-corrected chi connectivity index (χ0v) is 13.3. The number of hydrogen-bond acceptors (Lipinski definition) is 4. The average molecular weight is 338 g/mol. The van der Waals surface area contributed by atoms with Gasteiger partial charge in [0.15, 0.2) is 0 Å². The minimum absolute atomic E-state index is 0.128. The number of imide groups is 1. The maximum Gasteiger partial charge on any atom is 0.244 e. The molecule has 1 N–H and O–H groups in total. The Morgan fingerprint density at radius 3 is 2.43 bits per heavy atom. The number of halogens is 1. The van der Waals surface area contributed by atoms with Gasteiger partial charge >= 0.3 is 0 Å². The van der Waals surface area contributed by atoms with E-state index in [4.69, 9.17) is 11.6 Å². The fourth-order valence-corrected chi connectivity index (χ4v) is 2.29. The Balaban J connectivity index is 1.88. The van der Waals surface area contributed by atoms with Gasteiger partial charge in [-0.2, -0.15) is 0 Å². The van der Waals surface area contributed by atoms with E-state index in [-0.39, 0.29) is 37.7 Å². The molecule has 0 atom stereocenters. The highest BCUT2D eigenvalue weighted by Crippen LogP contribution is 2.20. The first-order chi connectivity index (χ1) is 10.9. The molecule has 8 heteroatoms. The highest BCUT2D eigenvalue weighted by atomic mass is 35.5. The van der Waals surface area contributed by atoms with E-state index in [1.165, 1.54) is 7.05 Å². The third-order valence-electron chi connectivity index (χ3n) is 3.40. The SMILES string of the molecule is CN(CC(=O)Nc1ccccc1Cl)C(=O)CN1C(=O)CCC1=O. The second-order valence-corrected chi connectivity index (χ2v) is 5.56. The van der Waals surface area contributed by atoms with Gasteiger partial charge in [-0.1, -0.05) is 23.7 Å². The summed E-state index contributed by atoms with van der Waals surface area (Å²) in [7, 11) is 1.43. The standard InChI is InChI=1S/C15H16ClN3O4/c1-18(15(23)9-19-13(21)6-7-14(19)22)8-12(20)17-11-5-3-2-4-10(11)16/h2-5H,6-9H2,1H3,(H,17,20). The van der Waals surface area contributed by atoms with Gasteiger partial charge in [-0.05, 0) is 12.1 Å². The Morgan fingerprint density at radius 1 is 1.22 bits per heavy atom. The molecular weight excluding hydrogens is 322 g/mol. The lowest BCUT2D eigenvalue weighted by atomic mass is 10.3. The maximum atomic E-state index is 12.0. The summed E-state index contributed by atoms with van der Waals surface area (Å²) in [5.41, 5.74) is 0.449. The number of benzene rings is 1. The molecule has 0 aromatic heterocycles. The number of para-hydroxylation sites is 1. The summed E-state index contributed by atoms with van der Waals surface area (Å²) in [6.07, 6.45) is 0.256. The van der Waals surface area contributed by atoms with E-state index in [9.17, 15) is 19.2 Å². The second kappa shape index (κ2) is 7.23. The number of likely N-dealkylation sites (tertiary alicyclic amines) is 1. The molecule has 1 heterocycles. The molecule has 1 aliphatic heterocycles. The smallest absolute Gasteiger partial charge is 0.244 e. The Hall–Kier alpha value is -2.41. The van der Waals surface area contributed by atoms with Crippen LogP contribution in [0.4, 0.5) is 5.69 Å². The summed E-state index contributed by atoms with van der Waals surface area (Å²) in [6, 6.07) is 6.74. The second-order valence-electron chi connectivity index (χ2n) is 5.15. The van der Waals surface area contributed by atoms with E-state index in [1.54, 1.807) is 24.3 Å². The molecule has 2 rings (SSSR count). The molecule has 4 amide bonds. The third-order valence-corrected chi connectivity index (χ3v) is 3.73. The summed E-state index contributed by atoms with van der Waals surface area (Å²) in [4.78, 5) is 49.0. The van der Waals surface area contributed by atoms with Crippen LogP contribution in [-0.4, -0.2) is 53.6 Å². The van der Waals surface area contributed by atoms with Crippen LogP contribution in [0.5, 0.6) is 0 Å². The van der Waals surface area contributed by atoms with E-state index in [1.807, 2.05) is 0 Å². The Kier molecular flexibility index (Phi) is 5.33. The molecule has 1 saturated heterocycles. The summed E-state index contributed by atoms with van der Waals surface area (Å²) in [5, 5.41) is 2.99. The van der Waals surface area contributed by atoms with Gasteiger partial charge in [0, 0.05) is 19.9 Å². The molecule has 23 heavy (non-hydrogen) atoms. The van der Waals surface area contributed by atoms with Crippen molar-refractivity contribution in [1.29, 1.82) is 0 Å². The molecule has 1 aliphatic rings. The van der Waals surface area contributed by atoms with Gasteiger partial charge in [-0.3, -0.25) is 24.1 Å².